The first-order chi connectivity index (χ1) is 14.3. The number of rotatable bonds is 7. The van der Waals surface area contributed by atoms with E-state index in [1.165, 1.54) is 21.3 Å². The molecule has 2 aromatic rings. The molecule has 1 heterocycles. The summed E-state index contributed by atoms with van der Waals surface area (Å²) in [5.41, 5.74) is 1.17. The number of aryl methyl sites for hydroxylation is 1. The van der Waals surface area contributed by atoms with Crippen LogP contribution in [-0.4, -0.2) is 43.7 Å². The van der Waals surface area contributed by atoms with Gasteiger partial charge < -0.3 is 4.90 Å². The number of halogens is 2. The van der Waals surface area contributed by atoms with Crippen molar-refractivity contribution in [3.63, 3.8) is 0 Å². The number of benzene rings is 2. The number of nitrogens with zero attached hydrogens (tertiary/aromatic N) is 2. The third-order valence-corrected chi connectivity index (χ3v) is 7.65. The molecule has 162 valence electrons. The van der Waals surface area contributed by atoms with Crippen LogP contribution in [0, 0.1) is 5.82 Å². The topological polar surface area (TPSA) is 57.7 Å². The summed E-state index contributed by atoms with van der Waals surface area (Å²) in [6.45, 7) is 1.23. The van der Waals surface area contributed by atoms with E-state index < -0.39 is 15.8 Å². The number of hydrogen-bond acceptors (Lipinski definition) is 3. The van der Waals surface area contributed by atoms with Crippen LogP contribution in [0.2, 0.25) is 5.02 Å². The predicted octanol–water partition coefficient (Wildman–Crippen LogP) is 4.24. The molecule has 0 aliphatic carbocycles. The van der Waals surface area contributed by atoms with Gasteiger partial charge in [0.15, 0.2) is 0 Å². The van der Waals surface area contributed by atoms with Gasteiger partial charge in [0.1, 0.15) is 5.82 Å². The Kier molecular flexibility index (Phi) is 7.50. The Morgan fingerprint density at radius 2 is 1.77 bits per heavy atom. The van der Waals surface area contributed by atoms with Crippen LogP contribution in [0.15, 0.2) is 47.4 Å². The van der Waals surface area contributed by atoms with E-state index in [1.54, 1.807) is 37.4 Å². The molecule has 0 atom stereocenters. The van der Waals surface area contributed by atoms with Crippen LogP contribution in [0.1, 0.15) is 36.8 Å². The standard InChI is InChI=1S/C22H26ClFN2O3S/c1-25(16-19-20(23)6-5-7-21(19)24)22(27)13-10-17-8-11-18(12-9-17)30(28,29)26-14-3-2-4-15-26/h5-9,11-12H,2-4,10,13-16H2,1H3. The third kappa shape index (κ3) is 5.39. The highest BCUT2D eigenvalue weighted by molar-refractivity contribution is 7.89. The molecular weight excluding hydrogens is 427 g/mol. The number of sulfonamides is 1. The van der Waals surface area contributed by atoms with Crippen molar-refractivity contribution in [3.05, 3.63) is 64.4 Å². The van der Waals surface area contributed by atoms with Gasteiger partial charge in [-0.3, -0.25) is 4.79 Å². The van der Waals surface area contributed by atoms with E-state index >= 15 is 0 Å². The molecule has 0 radical (unpaired) electrons. The van der Waals surface area contributed by atoms with Crippen molar-refractivity contribution in [2.75, 3.05) is 20.1 Å². The van der Waals surface area contributed by atoms with Crippen molar-refractivity contribution in [2.24, 2.45) is 0 Å². The van der Waals surface area contributed by atoms with Crippen LogP contribution >= 0.6 is 11.6 Å². The molecule has 5 nitrogen and oxygen atoms in total. The van der Waals surface area contributed by atoms with E-state index in [9.17, 15) is 17.6 Å². The van der Waals surface area contributed by atoms with E-state index in [0.29, 0.717) is 30.1 Å². The molecule has 0 unspecified atom stereocenters. The van der Waals surface area contributed by atoms with E-state index in [-0.39, 0.29) is 23.8 Å². The van der Waals surface area contributed by atoms with Crippen LogP contribution < -0.4 is 0 Å². The van der Waals surface area contributed by atoms with Gasteiger partial charge in [-0.1, -0.05) is 36.2 Å². The summed E-state index contributed by atoms with van der Waals surface area (Å²) in [7, 11) is -1.85. The lowest BCUT2D eigenvalue weighted by Gasteiger charge is -2.25. The van der Waals surface area contributed by atoms with Gasteiger partial charge in [0.05, 0.1) is 4.90 Å². The number of carbonyl (C=O) groups excluding carboxylic acids is 1. The van der Waals surface area contributed by atoms with Gasteiger partial charge in [0.2, 0.25) is 15.9 Å². The number of amides is 1. The number of piperidine rings is 1. The Bertz CT molecular complexity index is 970. The second-order valence-corrected chi connectivity index (χ2v) is 9.90. The van der Waals surface area contributed by atoms with Crippen LogP contribution in [0.3, 0.4) is 0 Å². The minimum absolute atomic E-state index is 0.0946. The zero-order valence-corrected chi connectivity index (χ0v) is 18.6. The van der Waals surface area contributed by atoms with Crippen LogP contribution in [-0.2, 0) is 27.8 Å². The Hall–Kier alpha value is -1.96. The fourth-order valence-electron chi connectivity index (χ4n) is 3.53. The van der Waals surface area contributed by atoms with Crippen LogP contribution in [0.5, 0.6) is 0 Å². The highest BCUT2D eigenvalue weighted by Gasteiger charge is 2.25. The maximum absolute atomic E-state index is 13.9. The van der Waals surface area contributed by atoms with Gasteiger partial charge in [-0.05, 0) is 49.1 Å². The van der Waals surface area contributed by atoms with Crippen LogP contribution in [0.4, 0.5) is 4.39 Å². The SMILES string of the molecule is CN(Cc1c(F)cccc1Cl)C(=O)CCc1ccc(S(=O)(=O)N2CCCCC2)cc1. The molecule has 0 spiro atoms. The van der Waals surface area contributed by atoms with Crippen molar-refractivity contribution in [2.45, 2.75) is 43.5 Å². The van der Waals surface area contributed by atoms with E-state index in [2.05, 4.69) is 0 Å². The average Bonchev–Trinajstić information content (AvgIpc) is 2.75. The minimum Gasteiger partial charge on any atom is -0.341 e. The van der Waals surface area contributed by atoms with E-state index in [4.69, 9.17) is 11.6 Å². The summed E-state index contributed by atoms with van der Waals surface area (Å²) in [4.78, 5) is 14.2. The minimum atomic E-state index is -3.46. The Morgan fingerprint density at radius 1 is 1.10 bits per heavy atom. The molecule has 1 saturated heterocycles. The lowest BCUT2D eigenvalue weighted by Crippen LogP contribution is -2.35. The van der Waals surface area contributed by atoms with Crippen LogP contribution in [0.25, 0.3) is 0 Å². The molecule has 2 aromatic carbocycles. The molecule has 0 bridgehead atoms. The molecular formula is C22H26ClFN2O3S. The summed E-state index contributed by atoms with van der Waals surface area (Å²) < 4.78 is 40.9. The average molecular weight is 453 g/mol. The summed E-state index contributed by atoms with van der Waals surface area (Å²) in [6.07, 6.45) is 3.56. The zero-order valence-electron chi connectivity index (χ0n) is 17.0. The summed E-state index contributed by atoms with van der Waals surface area (Å²) in [5, 5.41) is 0.292. The van der Waals surface area contributed by atoms with Gasteiger partial charge in [-0.2, -0.15) is 4.31 Å². The lowest BCUT2D eigenvalue weighted by molar-refractivity contribution is -0.130. The molecule has 8 heteroatoms. The third-order valence-electron chi connectivity index (χ3n) is 5.39. The fraction of sp³-hybridized carbons (Fsp3) is 0.409. The molecule has 0 N–H and O–H groups in total. The first kappa shape index (κ1) is 22.7. The zero-order chi connectivity index (χ0) is 21.7. The summed E-state index contributed by atoms with van der Waals surface area (Å²) in [6, 6.07) is 11.1. The van der Waals surface area contributed by atoms with E-state index in [0.717, 1.165) is 24.8 Å². The van der Waals surface area contributed by atoms with Gasteiger partial charge >= 0.3 is 0 Å². The predicted molar refractivity (Wildman–Crippen MR) is 115 cm³/mol. The van der Waals surface area contributed by atoms with Gasteiger partial charge in [0.25, 0.3) is 0 Å². The fourth-order valence-corrected chi connectivity index (χ4v) is 5.27. The number of hydrogen-bond donors (Lipinski definition) is 0. The maximum Gasteiger partial charge on any atom is 0.243 e. The smallest absolute Gasteiger partial charge is 0.243 e. The lowest BCUT2D eigenvalue weighted by atomic mass is 10.1. The highest BCUT2D eigenvalue weighted by Crippen LogP contribution is 2.22. The molecule has 1 aliphatic heterocycles. The number of carbonyl (C=O) groups is 1. The molecule has 1 amide bonds. The molecule has 0 saturated carbocycles. The largest absolute Gasteiger partial charge is 0.341 e. The molecule has 1 aliphatic rings. The van der Waals surface area contributed by atoms with Crippen molar-refractivity contribution in [1.82, 2.24) is 9.21 Å². The molecule has 0 aromatic heterocycles. The van der Waals surface area contributed by atoms with Crippen molar-refractivity contribution >= 4 is 27.5 Å². The first-order valence-electron chi connectivity index (χ1n) is 10.0. The van der Waals surface area contributed by atoms with Crippen molar-refractivity contribution in [3.8, 4) is 0 Å². The normalized spacial score (nSPS) is 15.2. The first-order valence-corrected chi connectivity index (χ1v) is 11.9. The molecule has 1 fully saturated rings. The second-order valence-electron chi connectivity index (χ2n) is 7.56. The second kappa shape index (κ2) is 9.90. The van der Waals surface area contributed by atoms with Gasteiger partial charge in [-0.15, -0.1) is 0 Å². The maximum atomic E-state index is 13.9. The Morgan fingerprint density at radius 3 is 2.40 bits per heavy atom. The van der Waals surface area contributed by atoms with E-state index in [1.807, 2.05) is 0 Å². The monoisotopic (exact) mass is 452 g/mol. The van der Waals surface area contributed by atoms with Crippen molar-refractivity contribution < 1.29 is 17.6 Å². The molecule has 3 rings (SSSR count). The summed E-state index contributed by atoms with van der Waals surface area (Å²) >= 11 is 6.03. The Balaban J connectivity index is 1.57. The van der Waals surface area contributed by atoms with Gasteiger partial charge in [-0.25, -0.2) is 12.8 Å². The molecule has 30 heavy (non-hydrogen) atoms. The Labute approximate surface area is 182 Å². The van der Waals surface area contributed by atoms with Crippen molar-refractivity contribution in [1.29, 1.82) is 0 Å². The quantitative estimate of drug-likeness (QED) is 0.631. The highest BCUT2D eigenvalue weighted by atomic mass is 35.5. The van der Waals surface area contributed by atoms with Gasteiger partial charge in [0, 0.05) is 43.7 Å². The summed E-state index contributed by atoms with van der Waals surface area (Å²) in [5.74, 6) is -0.577.